The van der Waals surface area contributed by atoms with Gasteiger partial charge in [0.05, 0.1) is 7.11 Å². The van der Waals surface area contributed by atoms with E-state index >= 15 is 0 Å². The molecule has 0 aromatic heterocycles. The third-order valence-electron chi connectivity index (χ3n) is 5.60. The van der Waals surface area contributed by atoms with Crippen LogP contribution in [0.3, 0.4) is 0 Å². The van der Waals surface area contributed by atoms with E-state index in [9.17, 15) is 9.59 Å². The van der Waals surface area contributed by atoms with E-state index in [0.29, 0.717) is 31.7 Å². The highest BCUT2D eigenvalue weighted by atomic mass is 16.7. The Morgan fingerprint density at radius 1 is 1.10 bits per heavy atom. The number of anilines is 2. The minimum absolute atomic E-state index is 0.221. The molecule has 0 spiro atoms. The van der Waals surface area contributed by atoms with Crippen LogP contribution in [0.2, 0.25) is 0 Å². The molecule has 0 radical (unpaired) electrons. The summed E-state index contributed by atoms with van der Waals surface area (Å²) in [5.74, 6) is -0.221. The van der Waals surface area contributed by atoms with Crippen molar-refractivity contribution < 1.29 is 19.5 Å². The molecule has 1 aromatic carbocycles. The molecule has 2 fully saturated rings. The number of carbonyl (C=O) groups excluding carboxylic acids is 1. The third kappa shape index (κ3) is 5.51. The maximum Gasteiger partial charge on any atom is 0.407 e. The highest BCUT2D eigenvalue weighted by Crippen LogP contribution is 2.25. The summed E-state index contributed by atoms with van der Waals surface area (Å²) in [6.45, 7) is 6.17. The van der Waals surface area contributed by atoms with Crippen molar-refractivity contribution in [3.63, 3.8) is 0 Å². The van der Waals surface area contributed by atoms with Crippen LogP contribution in [-0.2, 0) is 4.84 Å². The van der Waals surface area contributed by atoms with Crippen LogP contribution in [0.1, 0.15) is 23.2 Å². The summed E-state index contributed by atoms with van der Waals surface area (Å²) in [6, 6.07) is 5.72. The van der Waals surface area contributed by atoms with Crippen LogP contribution in [0.5, 0.6) is 0 Å². The van der Waals surface area contributed by atoms with Crippen LogP contribution in [0.4, 0.5) is 16.2 Å². The summed E-state index contributed by atoms with van der Waals surface area (Å²) in [5, 5.41) is 13.8. The van der Waals surface area contributed by atoms with E-state index in [1.54, 1.807) is 7.05 Å². The number of likely N-dealkylation sites (tertiary alicyclic amines) is 1. The Balaban J connectivity index is 1.73. The van der Waals surface area contributed by atoms with Gasteiger partial charge in [-0.15, -0.1) is 0 Å². The van der Waals surface area contributed by atoms with Gasteiger partial charge in [0.2, 0.25) is 0 Å². The number of rotatable bonds is 7. The summed E-state index contributed by atoms with van der Waals surface area (Å²) in [5.41, 5.74) is 2.33. The lowest BCUT2D eigenvalue weighted by molar-refractivity contribution is -0.0756. The normalized spacial score (nSPS) is 17.4. The summed E-state index contributed by atoms with van der Waals surface area (Å²) < 4.78 is 0. The highest BCUT2D eigenvalue weighted by Gasteiger charge is 2.22. The maximum atomic E-state index is 12.6. The molecule has 0 atom stereocenters. The third-order valence-corrected chi connectivity index (χ3v) is 5.60. The van der Waals surface area contributed by atoms with Gasteiger partial charge in [0.1, 0.15) is 0 Å². The molecule has 9 heteroatoms. The Morgan fingerprint density at radius 3 is 2.41 bits per heavy atom. The smallest absolute Gasteiger partial charge is 0.407 e. The molecule has 1 aromatic rings. The van der Waals surface area contributed by atoms with Gasteiger partial charge in [0, 0.05) is 63.3 Å². The quantitative estimate of drug-likeness (QED) is 0.667. The number of amides is 2. The fraction of sp³-hybridized carbons (Fsp3) is 0.600. The molecule has 0 unspecified atom stereocenters. The van der Waals surface area contributed by atoms with Crippen LogP contribution >= 0.6 is 0 Å². The van der Waals surface area contributed by atoms with Crippen molar-refractivity contribution in [2.24, 2.45) is 0 Å². The molecular formula is C20H31N5O4. The van der Waals surface area contributed by atoms with Gasteiger partial charge in [-0.3, -0.25) is 9.63 Å². The number of benzene rings is 1. The number of hydrogen-bond donors (Lipinski definition) is 2. The number of nitrogens with zero attached hydrogens (tertiary/aromatic N) is 4. The zero-order valence-electron chi connectivity index (χ0n) is 17.3. The predicted molar refractivity (Wildman–Crippen MR) is 112 cm³/mol. The van der Waals surface area contributed by atoms with Gasteiger partial charge in [0.15, 0.2) is 0 Å². The summed E-state index contributed by atoms with van der Waals surface area (Å²) in [4.78, 5) is 34.8. The number of piperazine rings is 1. The van der Waals surface area contributed by atoms with Crippen LogP contribution in [0.15, 0.2) is 18.2 Å². The van der Waals surface area contributed by atoms with E-state index in [2.05, 4.69) is 15.1 Å². The van der Waals surface area contributed by atoms with E-state index in [1.807, 2.05) is 18.2 Å². The van der Waals surface area contributed by atoms with Gasteiger partial charge in [0.25, 0.3) is 5.91 Å². The minimum atomic E-state index is -0.889. The molecule has 2 N–H and O–H groups in total. The Hall–Kier alpha value is -2.52. The second-order valence-corrected chi connectivity index (χ2v) is 7.49. The molecule has 2 amide bonds. The highest BCUT2D eigenvalue weighted by molar-refractivity contribution is 5.95. The maximum absolute atomic E-state index is 12.6. The molecule has 9 nitrogen and oxygen atoms in total. The van der Waals surface area contributed by atoms with Crippen molar-refractivity contribution in [3.05, 3.63) is 23.8 Å². The summed E-state index contributed by atoms with van der Waals surface area (Å²) >= 11 is 0. The van der Waals surface area contributed by atoms with Crippen molar-refractivity contribution in [1.82, 2.24) is 14.9 Å². The van der Waals surface area contributed by atoms with E-state index in [1.165, 1.54) is 29.9 Å². The van der Waals surface area contributed by atoms with Gasteiger partial charge in [-0.05, 0) is 44.1 Å². The number of carboxylic acid groups (broad SMARTS) is 1. The first-order chi connectivity index (χ1) is 14.0. The molecule has 2 saturated heterocycles. The summed E-state index contributed by atoms with van der Waals surface area (Å²) in [7, 11) is 3.04. The minimum Gasteiger partial charge on any atom is -0.465 e. The van der Waals surface area contributed by atoms with Gasteiger partial charge < -0.3 is 25.1 Å². The van der Waals surface area contributed by atoms with Gasteiger partial charge >= 0.3 is 6.09 Å². The Bertz CT molecular complexity index is 715. The van der Waals surface area contributed by atoms with E-state index in [4.69, 9.17) is 9.94 Å². The fourth-order valence-electron chi connectivity index (χ4n) is 3.80. The largest absolute Gasteiger partial charge is 0.465 e. The number of hydrogen-bond acceptors (Lipinski definition) is 6. The van der Waals surface area contributed by atoms with E-state index < -0.39 is 6.09 Å². The first-order valence-corrected chi connectivity index (χ1v) is 10.1. The molecule has 0 aliphatic carbocycles. The number of hydroxylamine groups is 2. The molecular weight excluding hydrogens is 374 g/mol. The molecule has 2 aliphatic heterocycles. The molecule has 3 rings (SSSR count). The molecule has 2 heterocycles. The Kier molecular flexibility index (Phi) is 7.16. The zero-order valence-corrected chi connectivity index (χ0v) is 17.3. The average molecular weight is 405 g/mol. The van der Waals surface area contributed by atoms with Crippen LogP contribution in [-0.4, -0.2) is 98.5 Å². The predicted octanol–water partition coefficient (Wildman–Crippen LogP) is 1.63. The van der Waals surface area contributed by atoms with E-state index in [0.717, 1.165) is 37.6 Å². The van der Waals surface area contributed by atoms with Crippen molar-refractivity contribution >= 4 is 23.4 Å². The fourth-order valence-corrected chi connectivity index (χ4v) is 3.80. The van der Waals surface area contributed by atoms with Crippen molar-refractivity contribution in [2.45, 2.75) is 12.8 Å². The number of nitrogens with one attached hydrogen (secondary N) is 1. The average Bonchev–Trinajstić information content (AvgIpc) is 3.26. The van der Waals surface area contributed by atoms with Crippen LogP contribution in [0, 0.1) is 0 Å². The first-order valence-electron chi connectivity index (χ1n) is 10.1. The second kappa shape index (κ2) is 9.80. The van der Waals surface area contributed by atoms with Crippen LogP contribution < -0.4 is 10.2 Å². The first kappa shape index (κ1) is 21.2. The lowest BCUT2D eigenvalue weighted by Crippen LogP contribution is -2.48. The Labute approximate surface area is 171 Å². The van der Waals surface area contributed by atoms with Gasteiger partial charge in [-0.1, -0.05) is 0 Å². The lowest BCUT2D eigenvalue weighted by atomic mass is 10.1. The second-order valence-electron chi connectivity index (χ2n) is 7.49. The summed E-state index contributed by atoms with van der Waals surface area (Å²) in [6.07, 6.45) is 1.64. The molecule has 0 bridgehead atoms. The zero-order chi connectivity index (χ0) is 20.8. The van der Waals surface area contributed by atoms with Crippen molar-refractivity contribution in [2.75, 3.05) is 76.7 Å². The molecule has 2 aliphatic rings. The lowest BCUT2D eigenvalue weighted by Gasteiger charge is -2.35. The standard InChI is InChI=1S/C20H31N5O4/c1-22(29-2)19(26)16-13-17(21-5-8-23-6-3-4-7-23)15-18(14-16)24-9-11-25(12-10-24)20(27)28/h13-15,21H,3-12H2,1-2H3,(H,27,28). The molecule has 29 heavy (non-hydrogen) atoms. The van der Waals surface area contributed by atoms with Gasteiger partial charge in [-0.2, -0.15) is 0 Å². The molecule has 0 saturated carbocycles. The Morgan fingerprint density at radius 2 is 1.79 bits per heavy atom. The molecule has 160 valence electrons. The van der Waals surface area contributed by atoms with E-state index in [-0.39, 0.29) is 5.91 Å². The van der Waals surface area contributed by atoms with Crippen molar-refractivity contribution in [1.29, 1.82) is 0 Å². The van der Waals surface area contributed by atoms with Crippen LogP contribution in [0.25, 0.3) is 0 Å². The van der Waals surface area contributed by atoms with Crippen molar-refractivity contribution in [3.8, 4) is 0 Å². The number of carbonyl (C=O) groups is 2. The monoisotopic (exact) mass is 405 g/mol. The SMILES string of the molecule is CON(C)C(=O)c1cc(NCCN2CCCC2)cc(N2CCN(C(=O)O)CC2)c1. The van der Waals surface area contributed by atoms with Gasteiger partial charge in [-0.25, -0.2) is 9.86 Å². The topological polar surface area (TPSA) is 88.6 Å².